The number of rotatable bonds is 3. The first kappa shape index (κ1) is 12.5. The Kier molecular flexibility index (Phi) is 3.42. The highest BCUT2D eigenvalue weighted by atomic mass is 16.2. The van der Waals surface area contributed by atoms with Crippen LogP contribution in [0.25, 0.3) is 0 Å². The number of hydrogen-bond acceptors (Lipinski definition) is 2. The summed E-state index contributed by atoms with van der Waals surface area (Å²) in [7, 11) is 1.86. The van der Waals surface area contributed by atoms with Crippen LogP contribution < -0.4 is 10.2 Å². The molecule has 0 spiro atoms. The summed E-state index contributed by atoms with van der Waals surface area (Å²) in [6.45, 7) is 2.74. The van der Waals surface area contributed by atoms with E-state index in [0.717, 1.165) is 31.7 Å². The van der Waals surface area contributed by atoms with E-state index < -0.39 is 0 Å². The van der Waals surface area contributed by atoms with Crippen LogP contribution in [-0.4, -0.2) is 43.7 Å². The number of hydrogen-bond donors (Lipinski definition) is 1. The third kappa shape index (κ3) is 2.59. The van der Waals surface area contributed by atoms with Crippen molar-refractivity contribution in [2.45, 2.75) is 25.3 Å². The summed E-state index contributed by atoms with van der Waals surface area (Å²) >= 11 is 0. The van der Waals surface area contributed by atoms with E-state index in [2.05, 4.69) is 23.5 Å². The second-order valence-electron chi connectivity index (χ2n) is 5.52. The van der Waals surface area contributed by atoms with Gasteiger partial charge in [-0.3, -0.25) is 4.90 Å². The molecule has 0 aliphatic carbocycles. The fourth-order valence-corrected chi connectivity index (χ4v) is 2.95. The molecule has 1 aromatic rings. The molecule has 19 heavy (non-hydrogen) atoms. The van der Waals surface area contributed by atoms with Crippen LogP contribution in [0.5, 0.6) is 0 Å². The molecule has 0 saturated carbocycles. The lowest BCUT2D eigenvalue weighted by molar-refractivity contribution is 0.229. The molecule has 102 valence electrons. The van der Waals surface area contributed by atoms with E-state index >= 15 is 0 Å². The average Bonchev–Trinajstić information content (AvgIpc) is 3.02. The average molecular weight is 259 g/mol. The first-order valence-electron chi connectivity index (χ1n) is 7.09. The first-order valence-corrected chi connectivity index (χ1v) is 7.09. The zero-order chi connectivity index (χ0) is 13.2. The second-order valence-corrected chi connectivity index (χ2v) is 5.52. The number of carbonyl (C=O) groups is 1. The highest BCUT2D eigenvalue weighted by Gasteiger charge is 2.26. The fourth-order valence-electron chi connectivity index (χ4n) is 2.95. The zero-order valence-corrected chi connectivity index (χ0v) is 11.4. The minimum absolute atomic E-state index is 0.108. The van der Waals surface area contributed by atoms with Crippen LogP contribution in [-0.2, 0) is 6.42 Å². The molecule has 0 radical (unpaired) electrons. The molecular weight excluding hydrogens is 238 g/mol. The minimum Gasteiger partial charge on any atom is -0.326 e. The molecule has 0 aromatic heterocycles. The Morgan fingerprint density at radius 3 is 2.95 bits per heavy atom. The Morgan fingerprint density at radius 2 is 2.26 bits per heavy atom. The van der Waals surface area contributed by atoms with Crippen molar-refractivity contribution in [1.29, 1.82) is 0 Å². The Bertz CT molecular complexity index is 468. The Hall–Kier alpha value is -1.55. The molecule has 1 aromatic carbocycles. The third-order valence-corrected chi connectivity index (χ3v) is 4.08. The van der Waals surface area contributed by atoms with Crippen LogP contribution in [0.4, 0.5) is 10.5 Å². The van der Waals surface area contributed by atoms with Gasteiger partial charge in [0.1, 0.15) is 0 Å². The smallest absolute Gasteiger partial charge is 0.324 e. The summed E-state index contributed by atoms with van der Waals surface area (Å²) in [6, 6.07) is 9.13. The number of carbonyl (C=O) groups excluding carboxylic acids is 1. The van der Waals surface area contributed by atoms with Crippen molar-refractivity contribution in [3.63, 3.8) is 0 Å². The molecular formula is C15H21N3O. The summed E-state index contributed by atoms with van der Waals surface area (Å²) < 4.78 is 0. The predicted molar refractivity (Wildman–Crippen MR) is 76.5 cm³/mol. The molecule has 2 fully saturated rings. The van der Waals surface area contributed by atoms with Gasteiger partial charge in [-0.2, -0.15) is 0 Å². The number of anilines is 1. The van der Waals surface area contributed by atoms with Crippen molar-refractivity contribution in [2.75, 3.05) is 31.6 Å². The summed E-state index contributed by atoms with van der Waals surface area (Å²) in [6.07, 6.45) is 3.60. The summed E-state index contributed by atoms with van der Waals surface area (Å²) in [4.78, 5) is 15.6. The lowest BCUT2D eigenvalue weighted by Gasteiger charge is -2.18. The number of amides is 2. The third-order valence-electron chi connectivity index (χ3n) is 4.08. The number of urea groups is 1. The van der Waals surface area contributed by atoms with Crippen LogP contribution in [0.3, 0.4) is 0 Å². The van der Waals surface area contributed by atoms with Crippen LogP contribution in [0.2, 0.25) is 0 Å². The van der Waals surface area contributed by atoms with E-state index in [4.69, 9.17) is 0 Å². The van der Waals surface area contributed by atoms with E-state index in [1.54, 1.807) is 4.90 Å². The summed E-state index contributed by atoms with van der Waals surface area (Å²) in [5.41, 5.74) is 2.35. The van der Waals surface area contributed by atoms with Gasteiger partial charge in [-0.1, -0.05) is 12.1 Å². The van der Waals surface area contributed by atoms with Crippen molar-refractivity contribution in [1.82, 2.24) is 10.2 Å². The summed E-state index contributed by atoms with van der Waals surface area (Å²) in [5.74, 6) is 0. The maximum absolute atomic E-state index is 12.0. The van der Waals surface area contributed by atoms with Crippen LogP contribution in [0.1, 0.15) is 18.4 Å². The number of benzene rings is 1. The molecule has 2 saturated heterocycles. The fraction of sp³-hybridized carbons (Fsp3) is 0.533. The maximum Gasteiger partial charge on any atom is 0.324 e. The predicted octanol–water partition coefficient (Wildman–Crippen LogP) is 1.85. The quantitative estimate of drug-likeness (QED) is 0.899. The Morgan fingerprint density at radius 1 is 1.37 bits per heavy atom. The van der Waals surface area contributed by atoms with Crippen molar-refractivity contribution >= 4 is 11.7 Å². The van der Waals surface area contributed by atoms with Crippen molar-refractivity contribution in [2.24, 2.45) is 0 Å². The van der Waals surface area contributed by atoms with Gasteiger partial charge < -0.3 is 10.2 Å². The van der Waals surface area contributed by atoms with Gasteiger partial charge in [0.25, 0.3) is 0 Å². The minimum atomic E-state index is 0.108. The summed E-state index contributed by atoms with van der Waals surface area (Å²) in [5, 5.41) is 3.52. The topological polar surface area (TPSA) is 35.6 Å². The molecule has 2 aliphatic rings. The highest BCUT2D eigenvalue weighted by molar-refractivity contribution is 5.93. The van der Waals surface area contributed by atoms with Crippen LogP contribution >= 0.6 is 0 Å². The number of nitrogens with one attached hydrogen (secondary N) is 1. The highest BCUT2D eigenvalue weighted by Crippen LogP contribution is 2.22. The Labute approximate surface area is 114 Å². The molecule has 4 heteroatoms. The van der Waals surface area contributed by atoms with Crippen LogP contribution in [0, 0.1) is 0 Å². The van der Waals surface area contributed by atoms with Gasteiger partial charge in [-0.25, -0.2) is 4.79 Å². The first-order chi connectivity index (χ1) is 9.24. The van der Waals surface area contributed by atoms with Gasteiger partial charge in [-0.15, -0.1) is 0 Å². The molecule has 2 heterocycles. The van der Waals surface area contributed by atoms with Crippen molar-refractivity contribution in [3.05, 3.63) is 29.8 Å². The van der Waals surface area contributed by atoms with E-state index in [9.17, 15) is 4.79 Å². The standard InChI is InChI=1S/C15H21N3O/c1-17-8-9-18(15(17)19)14-6-2-4-12(11-14)10-13-5-3-7-16-13/h2,4,6,11,13,16H,3,5,7-10H2,1H3. The molecule has 2 amide bonds. The molecule has 4 nitrogen and oxygen atoms in total. The molecule has 1 atom stereocenters. The maximum atomic E-state index is 12.0. The van der Waals surface area contributed by atoms with Gasteiger partial charge in [-0.05, 0) is 43.5 Å². The monoisotopic (exact) mass is 259 g/mol. The largest absolute Gasteiger partial charge is 0.326 e. The van der Waals surface area contributed by atoms with Gasteiger partial charge in [0.15, 0.2) is 0 Å². The molecule has 1 N–H and O–H groups in total. The molecule has 2 aliphatic heterocycles. The van der Waals surface area contributed by atoms with Crippen molar-refractivity contribution in [3.8, 4) is 0 Å². The van der Waals surface area contributed by atoms with E-state index in [0.29, 0.717) is 6.04 Å². The van der Waals surface area contributed by atoms with E-state index in [1.165, 1.54) is 18.4 Å². The number of nitrogens with zero attached hydrogens (tertiary/aromatic N) is 2. The molecule has 3 rings (SSSR count). The van der Waals surface area contributed by atoms with E-state index in [1.807, 2.05) is 18.0 Å². The lowest BCUT2D eigenvalue weighted by Crippen LogP contribution is -2.29. The van der Waals surface area contributed by atoms with Gasteiger partial charge in [0.2, 0.25) is 0 Å². The van der Waals surface area contributed by atoms with Crippen molar-refractivity contribution < 1.29 is 4.79 Å². The molecule has 0 bridgehead atoms. The second kappa shape index (κ2) is 5.21. The van der Waals surface area contributed by atoms with Gasteiger partial charge >= 0.3 is 6.03 Å². The zero-order valence-electron chi connectivity index (χ0n) is 11.4. The molecule has 1 unspecified atom stereocenters. The lowest BCUT2D eigenvalue weighted by atomic mass is 10.0. The van der Waals surface area contributed by atoms with E-state index in [-0.39, 0.29) is 6.03 Å². The number of likely N-dealkylation sites (N-methyl/N-ethyl adjacent to an activating group) is 1. The SMILES string of the molecule is CN1CCN(c2cccc(CC3CCCN3)c2)C1=O. The van der Waals surface area contributed by atoms with Crippen LogP contribution in [0.15, 0.2) is 24.3 Å². The van der Waals surface area contributed by atoms with Gasteiger partial charge in [0.05, 0.1) is 0 Å². The normalized spacial score (nSPS) is 23.4. The Balaban J connectivity index is 1.74. The van der Waals surface area contributed by atoms with Gasteiger partial charge in [0, 0.05) is 31.9 Å².